The van der Waals surface area contributed by atoms with E-state index < -0.39 is 0 Å². The number of rotatable bonds is 5. The molecule has 3 heteroatoms. The molecule has 1 atom stereocenters. The Bertz CT molecular complexity index is 312. The zero-order chi connectivity index (χ0) is 11.3. The van der Waals surface area contributed by atoms with Crippen LogP contribution in [-0.4, -0.2) is 12.6 Å². The topological polar surface area (TPSA) is 38.0 Å². The van der Waals surface area contributed by atoms with Gasteiger partial charge in [-0.05, 0) is 50.1 Å². The average molecular weight is 227 g/mol. The van der Waals surface area contributed by atoms with Gasteiger partial charge in [-0.3, -0.25) is 0 Å². The lowest BCUT2D eigenvalue weighted by Crippen LogP contribution is -2.28. The van der Waals surface area contributed by atoms with Gasteiger partial charge in [0.05, 0.1) is 0 Å². The van der Waals surface area contributed by atoms with Crippen LogP contribution >= 0.6 is 11.6 Å². The van der Waals surface area contributed by atoms with Gasteiger partial charge in [0.25, 0.3) is 0 Å². The average Bonchev–Trinajstić information content (AvgIpc) is 2.17. The van der Waals surface area contributed by atoms with E-state index >= 15 is 0 Å². The van der Waals surface area contributed by atoms with E-state index in [1.165, 1.54) is 11.1 Å². The lowest BCUT2D eigenvalue weighted by Gasteiger charge is -2.14. The van der Waals surface area contributed by atoms with Crippen LogP contribution in [0.5, 0.6) is 0 Å². The number of nitrogens with two attached hydrogens (primary N) is 1. The second kappa shape index (κ2) is 6.11. The van der Waals surface area contributed by atoms with E-state index in [0.717, 1.165) is 24.5 Å². The van der Waals surface area contributed by atoms with Crippen molar-refractivity contribution in [3.63, 3.8) is 0 Å². The predicted molar refractivity (Wildman–Crippen MR) is 66.2 cm³/mol. The van der Waals surface area contributed by atoms with Gasteiger partial charge in [0.1, 0.15) is 0 Å². The van der Waals surface area contributed by atoms with Gasteiger partial charge in [0.2, 0.25) is 0 Å². The molecular formula is C12H19ClN2. The second-order valence-corrected chi connectivity index (χ2v) is 4.37. The zero-order valence-corrected chi connectivity index (χ0v) is 10.1. The SMILES string of the molecule is Cc1cc(Cl)ccc1CNC(C)CCN. The monoisotopic (exact) mass is 226 g/mol. The molecule has 0 aliphatic carbocycles. The summed E-state index contributed by atoms with van der Waals surface area (Å²) in [7, 11) is 0. The molecule has 1 unspecified atom stereocenters. The van der Waals surface area contributed by atoms with E-state index in [4.69, 9.17) is 17.3 Å². The van der Waals surface area contributed by atoms with Crippen molar-refractivity contribution in [1.82, 2.24) is 5.32 Å². The van der Waals surface area contributed by atoms with Gasteiger partial charge in [-0.25, -0.2) is 0 Å². The van der Waals surface area contributed by atoms with Crippen molar-refractivity contribution in [1.29, 1.82) is 0 Å². The minimum Gasteiger partial charge on any atom is -0.330 e. The molecular weight excluding hydrogens is 208 g/mol. The number of aryl methyl sites for hydroxylation is 1. The fourth-order valence-electron chi connectivity index (χ4n) is 1.49. The van der Waals surface area contributed by atoms with Gasteiger partial charge in [-0.15, -0.1) is 0 Å². The Morgan fingerprint density at radius 3 is 2.80 bits per heavy atom. The maximum atomic E-state index is 5.89. The Balaban J connectivity index is 2.50. The molecule has 2 nitrogen and oxygen atoms in total. The van der Waals surface area contributed by atoms with Gasteiger partial charge in [0, 0.05) is 17.6 Å². The minimum absolute atomic E-state index is 0.463. The van der Waals surface area contributed by atoms with Crippen LogP contribution in [0.1, 0.15) is 24.5 Å². The molecule has 0 heterocycles. The molecule has 0 spiro atoms. The molecule has 0 aromatic heterocycles. The molecule has 1 aromatic carbocycles. The molecule has 0 fully saturated rings. The van der Waals surface area contributed by atoms with Crippen LogP contribution < -0.4 is 11.1 Å². The number of hydrogen-bond donors (Lipinski definition) is 2. The Kier molecular flexibility index (Phi) is 5.09. The quantitative estimate of drug-likeness (QED) is 0.810. The molecule has 1 aromatic rings. The summed E-state index contributed by atoms with van der Waals surface area (Å²) in [5.41, 5.74) is 8.02. The summed E-state index contributed by atoms with van der Waals surface area (Å²) in [6.45, 7) is 5.84. The Hall–Kier alpha value is -0.570. The second-order valence-electron chi connectivity index (χ2n) is 3.93. The fourth-order valence-corrected chi connectivity index (χ4v) is 1.72. The van der Waals surface area contributed by atoms with Gasteiger partial charge < -0.3 is 11.1 Å². The smallest absolute Gasteiger partial charge is 0.0408 e. The van der Waals surface area contributed by atoms with E-state index in [1.807, 2.05) is 12.1 Å². The number of hydrogen-bond acceptors (Lipinski definition) is 2. The van der Waals surface area contributed by atoms with E-state index in [1.54, 1.807) is 0 Å². The van der Waals surface area contributed by atoms with Crippen LogP contribution in [0.2, 0.25) is 5.02 Å². The summed E-state index contributed by atoms with van der Waals surface area (Å²) in [5.74, 6) is 0. The van der Waals surface area contributed by atoms with Gasteiger partial charge in [-0.1, -0.05) is 17.7 Å². The number of nitrogens with one attached hydrogen (secondary N) is 1. The summed E-state index contributed by atoms with van der Waals surface area (Å²) in [4.78, 5) is 0. The van der Waals surface area contributed by atoms with E-state index in [-0.39, 0.29) is 0 Å². The molecule has 0 radical (unpaired) electrons. The van der Waals surface area contributed by atoms with Crippen molar-refractivity contribution >= 4 is 11.6 Å². The lowest BCUT2D eigenvalue weighted by molar-refractivity contribution is 0.519. The highest BCUT2D eigenvalue weighted by atomic mass is 35.5. The van der Waals surface area contributed by atoms with Crippen LogP contribution in [0.3, 0.4) is 0 Å². The van der Waals surface area contributed by atoms with Crippen LogP contribution in [0.25, 0.3) is 0 Å². The largest absolute Gasteiger partial charge is 0.330 e. The maximum absolute atomic E-state index is 5.89. The molecule has 0 amide bonds. The van der Waals surface area contributed by atoms with Crippen molar-refractivity contribution in [2.75, 3.05) is 6.54 Å². The third-order valence-electron chi connectivity index (χ3n) is 2.55. The van der Waals surface area contributed by atoms with E-state index in [9.17, 15) is 0 Å². The van der Waals surface area contributed by atoms with Crippen LogP contribution in [-0.2, 0) is 6.54 Å². The Labute approximate surface area is 96.8 Å². The summed E-state index contributed by atoms with van der Waals surface area (Å²) in [6, 6.07) is 6.45. The molecule has 0 bridgehead atoms. The first-order valence-corrected chi connectivity index (χ1v) is 5.69. The van der Waals surface area contributed by atoms with Gasteiger partial charge >= 0.3 is 0 Å². The fraction of sp³-hybridized carbons (Fsp3) is 0.500. The molecule has 0 aliphatic rings. The first kappa shape index (κ1) is 12.5. The van der Waals surface area contributed by atoms with Crippen molar-refractivity contribution < 1.29 is 0 Å². The van der Waals surface area contributed by atoms with Crippen molar-refractivity contribution in [2.45, 2.75) is 32.9 Å². The molecule has 3 N–H and O–H groups in total. The van der Waals surface area contributed by atoms with Crippen molar-refractivity contribution in [2.24, 2.45) is 5.73 Å². The third kappa shape index (κ3) is 4.20. The predicted octanol–water partition coefficient (Wildman–Crippen LogP) is 2.48. The first-order valence-electron chi connectivity index (χ1n) is 5.32. The molecule has 1 rings (SSSR count). The highest BCUT2D eigenvalue weighted by Crippen LogP contribution is 2.15. The number of benzene rings is 1. The summed E-state index contributed by atoms with van der Waals surface area (Å²) in [5, 5.41) is 4.23. The van der Waals surface area contributed by atoms with Gasteiger partial charge in [-0.2, -0.15) is 0 Å². The highest BCUT2D eigenvalue weighted by Gasteiger charge is 2.02. The molecule has 84 valence electrons. The number of halogens is 1. The van der Waals surface area contributed by atoms with E-state index in [0.29, 0.717) is 6.04 Å². The normalized spacial score (nSPS) is 12.8. The molecule has 0 aliphatic heterocycles. The summed E-state index contributed by atoms with van der Waals surface area (Å²) >= 11 is 5.89. The van der Waals surface area contributed by atoms with E-state index in [2.05, 4.69) is 25.2 Å². The van der Waals surface area contributed by atoms with Crippen LogP contribution in [0.15, 0.2) is 18.2 Å². The maximum Gasteiger partial charge on any atom is 0.0408 e. The molecule has 0 saturated carbocycles. The van der Waals surface area contributed by atoms with Crippen LogP contribution in [0.4, 0.5) is 0 Å². The third-order valence-corrected chi connectivity index (χ3v) is 2.78. The molecule has 0 saturated heterocycles. The lowest BCUT2D eigenvalue weighted by atomic mass is 10.1. The Morgan fingerprint density at radius 1 is 1.47 bits per heavy atom. The van der Waals surface area contributed by atoms with Crippen molar-refractivity contribution in [3.05, 3.63) is 34.3 Å². The summed E-state index contributed by atoms with van der Waals surface area (Å²) in [6.07, 6.45) is 1.01. The molecule has 15 heavy (non-hydrogen) atoms. The van der Waals surface area contributed by atoms with Crippen LogP contribution in [0, 0.1) is 6.92 Å². The highest BCUT2D eigenvalue weighted by molar-refractivity contribution is 6.30. The minimum atomic E-state index is 0.463. The van der Waals surface area contributed by atoms with Gasteiger partial charge in [0.15, 0.2) is 0 Å². The first-order chi connectivity index (χ1) is 7.13. The standard InChI is InChI=1S/C12H19ClN2/c1-9-7-12(13)4-3-11(9)8-15-10(2)5-6-14/h3-4,7,10,15H,5-6,8,14H2,1-2H3. The van der Waals surface area contributed by atoms with Crippen molar-refractivity contribution in [3.8, 4) is 0 Å². The zero-order valence-electron chi connectivity index (χ0n) is 9.39. The Morgan fingerprint density at radius 2 is 2.20 bits per heavy atom. The summed E-state index contributed by atoms with van der Waals surface area (Å²) < 4.78 is 0.